The van der Waals surface area contributed by atoms with Crippen molar-refractivity contribution in [1.29, 1.82) is 0 Å². The number of halogens is 3. The van der Waals surface area contributed by atoms with E-state index in [2.05, 4.69) is 188 Å². The molecule has 4 unspecified atom stereocenters. The van der Waals surface area contributed by atoms with Crippen molar-refractivity contribution >= 4 is 52.3 Å². The Morgan fingerprint density at radius 3 is 1.12 bits per heavy atom. The molecule has 0 saturated heterocycles. The van der Waals surface area contributed by atoms with Gasteiger partial charge in [0.05, 0.1) is 39.7 Å². The van der Waals surface area contributed by atoms with Gasteiger partial charge in [-0.3, -0.25) is 13.9 Å². The van der Waals surface area contributed by atoms with E-state index in [1.54, 1.807) is 0 Å². The third-order valence-electron chi connectivity index (χ3n) is 10.1. The number of hydrogen-bond donors (Lipinski definition) is 1. The normalized spacial score (nSPS) is 20.0. The Bertz CT molecular complexity index is 2000. The summed E-state index contributed by atoms with van der Waals surface area (Å²) in [5.74, 6) is 3.29. The van der Waals surface area contributed by atoms with Crippen molar-refractivity contribution in [3.05, 3.63) is 114 Å². The van der Waals surface area contributed by atoms with Crippen LogP contribution < -0.4 is 18.9 Å². The Morgan fingerprint density at radius 1 is 0.544 bits per heavy atom. The first-order valence-electron chi connectivity index (χ1n) is 19.5. The third-order valence-corrected chi connectivity index (χ3v) is 11.2. The van der Waals surface area contributed by atoms with Gasteiger partial charge >= 0.3 is 24.8 Å². The summed E-state index contributed by atoms with van der Waals surface area (Å²) in [6.07, 6.45) is -1.80. The first-order chi connectivity index (χ1) is 26.9. The van der Waals surface area contributed by atoms with Crippen LogP contribution in [0.1, 0.15) is 154 Å². The van der Waals surface area contributed by atoms with Gasteiger partial charge in [-0.25, -0.2) is 0 Å². The van der Waals surface area contributed by atoms with E-state index in [1.165, 1.54) is 22.3 Å². The minimum absolute atomic E-state index is 0.0170. The van der Waals surface area contributed by atoms with E-state index in [0.29, 0.717) is 0 Å². The van der Waals surface area contributed by atoms with Crippen molar-refractivity contribution in [2.24, 2.45) is 4.30 Å². The van der Waals surface area contributed by atoms with E-state index in [4.69, 9.17) is 29.8 Å². The molecule has 4 aromatic rings. The third kappa shape index (κ3) is 9.78. The molecule has 0 aliphatic carbocycles. The molecule has 57 heavy (non-hydrogen) atoms. The Kier molecular flexibility index (Phi) is 13.0. The van der Waals surface area contributed by atoms with Crippen molar-refractivity contribution in [1.82, 2.24) is 0 Å². The zero-order valence-electron chi connectivity index (χ0n) is 35.8. The van der Waals surface area contributed by atoms with E-state index < -0.39 is 32.3 Å². The molecule has 4 aliphatic rings. The Hall–Kier alpha value is -2.90. The molecule has 305 valence electrons. The summed E-state index contributed by atoms with van der Waals surface area (Å²) < 4.78 is 57.1. The van der Waals surface area contributed by atoms with Gasteiger partial charge in [-0.1, -0.05) is 95.2 Å². The number of alkyl halides is 1. The molecular weight excluding hydrogens is 872 g/mol. The van der Waals surface area contributed by atoms with Crippen LogP contribution in [-0.2, 0) is 31.1 Å². The van der Waals surface area contributed by atoms with Gasteiger partial charge in [0.25, 0.3) is 0 Å². The first kappa shape index (κ1) is 43.7. The summed E-state index contributed by atoms with van der Waals surface area (Å²) in [7, 11) is 3.34. The fraction of sp³-hybridized carbons (Fsp3) is 0.467. The fourth-order valence-corrected chi connectivity index (χ4v) is 7.77. The van der Waals surface area contributed by atoms with Crippen molar-refractivity contribution < 1.29 is 34.2 Å². The zero-order valence-corrected chi connectivity index (χ0v) is 38.9. The molecule has 0 amide bonds. The second kappa shape index (κ2) is 17.0. The van der Waals surface area contributed by atoms with Gasteiger partial charge in [0.1, 0.15) is 23.0 Å². The van der Waals surface area contributed by atoms with E-state index in [9.17, 15) is 4.39 Å². The second-order valence-corrected chi connectivity index (χ2v) is 20.4. The molecule has 0 fully saturated rings. The maximum atomic E-state index is 9.96. The van der Waals surface area contributed by atoms with Gasteiger partial charge < -0.3 is 18.9 Å². The van der Waals surface area contributed by atoms with Crippen LogP contribution in [0, 0.1) is 0 Å². The number of benzene rings is 4. The van der Waals surface area contributed by atoms with Gasteiger partial charge in [0.15, 0.2) is 0 Å². The summed E-state index contributed by atoms with van der Waals surface area (Å²) in [4.78, 5) is 0. The van der Waals surface area contributed by atoms with Crippen LogP contribution in [0.3, 0.4) is 0 Å². The average Bonchev–Trinajstić information content (AvgIpc) is 3.11. The second-order valence-electron chi connectivity index (χ2n) is 18.4. The molecule has 4 atom stereocenters. The topological polar surface area (TPSA) is 67.7 Å². The van der Waals surface area contributed by atoms with Gasteiger partial charge in [0.2, 0.25) is 25.2 Å². The van der Waals surface area contributed by atoms with Crippen LogP contribution in [0.2, 0.25) is 0 Å². The number of thiol groups is 1. The van der Waals surface area contributed by atoms with Crippen molar-refractivity contribution in [2.75, 3.05) is 7.15 Å². The van der Waals surface area contributed by atoms with Gasteiger partial charge in [-0.05, 0) is 124 Å². The Balaban J connectivity index is 0.000000195. The average molecular weight is 928 g/mol. The predicted octanol–water partition coefficient (Wildman–Crippen LogP) is 13.9. The molecule has 8 rings (SSSR count). The van der Waals surface area contributed by atoms with Crippen LogP contribution in [0.25, 0.3) is 0 Å². The number of nitrogens with zero attached hydrogens (tertiary/aromatic N) is 1. The molecule has 4 heterocycles. The van der Waals surface area contributed by atoms with E-state index in [1.807, 2.05) is 12.1 Å². The molecule has 4 bridgehead atoms. The molecule has 7 nitrogen and oxygen atoms in total. The summed E-state index contributed by atoms with van der Waals surface area (Å²) in [5.41, 5.74) is 8.84. The summed E-state index contributed by atoms with van der Waals surface area (Å²) in [6.45, 7) is 26.4. The van der Waals surface area contributed by atoms with Gasteiger partial charge in [0, 0.05) is 0 Å². The van der Waals surface area contributed by atoms with E-state index in [-0.39, 0.29) is 21.7 Å². The van der Waals surface area contributed by atoms with Crippen LogP contribution >= 0.6 is 44.7 Å². The summed E-state index contributed by atoms with van der Waals surface area (Å²) in [6, 6.07) is 21.1. The van der Waals surface area contributed by atoms with Crippen LogP contribution in [-0.4, -0.2) is 14.8 Å². The van der Waals surface area contributed by atoms with Crippen LogP contribution in [0.15, 0.2) is 73.9 Å². The molecule has 1 radical (unpaired) electrons. The molecular formula is C45H54BBr2FNO6S. The molecule has 12 heteroatoms. The maximum absolute atomic E-state index is 9.96. The fourth-order valence-electron chi connectivity index (χ4n) is 6.63. The minimum atomic E-state index is -1.00. The first-order valence-corrected chi connectivity index (χ1v) is 20.7. The van der Waals surface area contributed by atoms with Crippen molar-refractivity contribution in [3.8, 4) is 23.0 Å². The monoisotopic (exact) mass is 925 g/mol. The van der Waals surface area contributed by atoms with Gasteiger partial charge in [-0.2, -0.15) is 0 Å². The van der Waals surface area contributed by atoms with Crippen LogP contribution in [0.5, 0.6) is 23.0 Å². The van der Waals surface area contributed by atoms with E-state index >= 15 is 0 Å². The molecule has 4 aromatic carbocycles. The predicted molar refractivity (Wildman–Crippen MR) is 236 cm³/mol. The number of rotatable bonds is 0. The number of ether oxygens (including phenoxy) is 6. The van der Waals surface area contributed by atoms with E-state index in [0.717, 1.165) is 54.2 Å². The Labute approximate surface area is 363 Å². The van der Waals surface area contributed by atoms with Crippen molar-refractivity contribution in [3.63, 3.8) is 0 Å². The van der Waals surface area contributed by atoms with Crippen molar-refractivity contribution in [2.45, 2.75) is 130 Å². The summed E-state index contributed by atoms with van der Waals surface area (Å²) in [5, 5.41) is 0. The standard InChI is InChI=1S/C22H24Br2O3.C22H26O3.CH3F.BHNS/c1-21(2,3)11-7-13-17(15(23)9-11)25-20-14-8-12(22(4,5)6)10-16(24)18(14)26-19(13)27-20;1-21(2,3)13-7-9-17-15(11-13)19-24-18-10-8-14(22(4,5)6)12-16(18)20(23-17)25-19;1-2;1-2-3/h7-10,19-20H,1-6H3;7-12,19-20H,1-6H3;1H3;3H/i;;1D;. The number of hydrogen-bond acceptors (Lipinski definition) is 8. The van der Waals surface area contributed by atoms with Crippen LogP contribution in [0.4, 0.5) is 4.39 Å². The van der Waals surface area contributed by atoms with Gasteiger partial charge in [-0.15, -0.1) is 0 Å². The molecule has 4 aliphatic heterocycles. The molecule has 0 aromatic heterocycles. The molecule has 0 saturated carbocycles. The molecule has 0 spiro atoms. The number of fused-ring (bicyclic) bond motifs is 12. The quantitative estimate of drug-likeness (QED) is 0.140. The SMILES string of the molecule is CC(C)(C)c1cc(Br)c2c(c1)C1Oc3c(Br)cc(C(C)(C)C)cc3C(O2)O1.CC(C)(C)c1ccc2c(c1)C1Oc3ccc(C(C)(C)C)cc3C(O2)O1.[2H]CF.[B]=NS. The summed E-state index contributed by atoms with van der Waals surface area (Å²) >= 11 is 10.6. The Morgan fingerprint density at radius 2 is 0.825 bits per heavy atom. The zero-order chi connectivity index (χ0) is 43.1. The molecule has 0 N–H and O–H groups in total.